The van der Waals surface area contributed by atoms with Gasteiger partial charge in [0.1, 0.15) is 0 Å². The Hall–Kier alpha value is 0.110. The standard InChI is InChI=1S/C7H14N3OP/c11-12-8-2-1-3-9(12)5-7-10(12)6-4-8/h1-7H2. The average Bonchev–Trinajstić information content (AvgIpc) is 2.57. The van der Waals surface area contributed by atoms with E-state index < -0.39 is 7.59 Å². The molecule has 0 aromatic rings. The topological polar surface area (TPSA) is 26.8 Å². The number of hydrogen-bond donors (Lipinski definition) is 0. The summed E-state index contributed by atoms with van der Waals surface area (Å²) in [5, 5.41) is 0. The van der Waals surface area contributed by atoms with Crippen LogP contribution < -0.4 is 0 Å². The highest BCUT2D eigenvalue weighted by Crippen LogP contribution is 2.64. The van der Waals surface area contributed by atoms with Crippen LogP contribution >= 0.6 is 7.59 Å². The van der Waals surface area contributed by atoms with E-state index in [9.17, 15) is 4.57 Å². The third-order valence-corrected chi connectivity index (χ3v) is 6.58. The molecular formula is C7H14N3OP. The lowest BCUT2D eigenvalue weighted by Crippen LogP contribution is -2.34. The normalized spacial score (nSPS) is 35.7. The Kier molecular flexibility index (Phi) is 1.45. The van der Waals surface area contributed by atoms with Crippen molar-refractivity contribution in [2.24, 2.45) is 0 Å². The number of hydrogen-bond acceptors (Lipinski definition) is 1. The molecule has 12 heavy (non-hydrogen) atoms. The number of rotatable bonds is 0. The van der Waals surface area contributed by atoms with Gasteiger partial charge in [0.15, 0.2) is 0 Å². The summed E-state index contributed by atoms with van der Waals surface area (Å²) in [5.74, 6) is 0. The van der Waals surface area contributed by atoms with Crippen LogP contribution in [0.1, 0.15) is 6.42 Å². The molecule has 0 unspecified atom stereocenters. The maximum absolute atomic E-state index is 12.5. The van der Waals surface area contributed by atoms with Crippen molar-refractivity contribution in [1.29, 1.82) is 0 Å². The van der Waals surface area contributed by atoms with Crippen LogP contribution in [-0.4, -0.2) is 53.3 Å². The fourth-order valence-corrected chi connectivity index (χ4v) is 5.83. The van der Waals surface area contributed by atoms with Crippen LogP contribution in [-0.2, 0) is 4.57 Å². The molecule has 0 aromatic heterocycles. The van der Waals surface area contributed by atoms with Crippen molar-refractivity contribution in [3.05, 3.63) is 0 Å². The van der Waals surface area contributed by atoms with Gasteiger partial charge in [-0.2, -0.15) is 0 Å². The molecule has 3 aliphatic rings. The van der Waals surface area contributed by atoms with E-state index in [2.05, 4.69) is 14.0 Å². The molecule has 0 bridgehead atoms. The first-order chi connectivity index (χ1) is 5.82. The maximum atomic E-state index is 12.5. The van der Waals surface area contributed by atoms with Crippen molar-refractivity contribution in [1.82, 2.24) is 14.0 Å². The van der Waals surface area contributed by atoms with Crippen molar-refractivity contribution in [2.75, 3.05) is 39.3 Å². The first kappa shape index (κ1) is 7.51. The van der Waals surface area contributed by atoms with Gasteiger partial charge in [0.2, 0.25) is 0 Å². The van der Waals surface area contributed by atoms with Gasteiger partial charge in [0, 0.05) is 39.3 Å². The second-order valence-electron chi connectivity index (χ2n) is 3.73. The van der Waals surface area contributed by atoms with Crippen molar-refractivity contribution < 1.29 is 4.57 Å². The molecular weight excluding hydrogens is 173 g/mol. The van der Waals surface area contributed by atoms with E-state index in [-0.39, 0.29) is 0 Å². The Bertz CT molecular complexity index is 233. The van der Waals surface area contributed by atoms with Gasteiger partial charge in [0.05, 0.1) is 0 Å². The molecule has 0 spiro atoms. The first-order valence-electron chi connectivity index (χ1n) is 4.68. The smallest absolute Gasteiger partial charge is 0.270 e. The van der Waals surface area contributed by atoms with E-state index in [1.54, 1.807) is 0 Å². The summed E-state index contributed by atoms with van der Waals surface area (Å²) < 4.78 is 19.1. The van der Waals surface area contributed by atoms with E-state index in [0.29, 0.717) is 0 Å². The third-order valence-electron chi connectivity index (χ3n) is 3.17. The molecule has 0 aliphatic carbocycles. The molecule has 3 saturated heterocycles. The lowest BCUT2D eigenvalue weighted by molar-refractivity contribution is 0.313. The third kappa shape index (κ3) is 0.721. The Balaban J connectivity index is 2.04. The summed E-state index contributed by atoms with van der Waals surface area (Å²) in [5.41, 5.74) is 0. The minimum atomic E-state index is -2.15. The van der Waals surface area contributed by atoms with Crippen LogP contribution in [0.5, 0.6) is 0 Å². The second-order valence-corrected chi connectivity index (χ2v) is 6.45. The zero-order chi connectivity index (χ0) is 8.18. The highest BCUT2D eigenvalue weighted by molar-refractivity contribution is 7.57. The van der Waals surface area contributed by atoms with Gasteiger partial charge in [-0.3, -0.25) is 4.57 Å². The van der Waals surface area contributed by atoms with Crippen LogP contribution in [0.15, 0.2) is 0 Å². The van der Waals surface area contributed by atoms with E-state index >= 15 is 0 Å². The molecule has 3 fully saturated rings. The molecule has 5 heteroatoms. The molecule has 3 heterocycles. The zero-order valence-electron chi connectivity index (χ0n) is 7.15. The van der Waals surface area contributed by atoms with E-state index in [4.69, 9.17) is 0 Å². The minimum absolute atomic E-state index is 1.02. The molecule has 0 amide bonds. The van der Waals surface area contributed by atoms with Crippen LogP contribution in [0, 0.1) is 0 Å². The highest BCUT2D eigenvalue weighted by Gasteiger charge is 2.52. The molecule has 0 aromatic carbocycles. The molecule has 68 valence electrons. The predicted octanol–water partition coefficient (Wildman–Crippen LogP) is 0.431. The molecule has 3 rings (SSSR count). The predicted molar refractivity (Wildman–Crippen MR) is 46.9 cm³/mol. The molecule has 0 saturated carbocycles. The summed E-state index contributed by atoms with van der Waals surface area (Å²) in [6, 6.07) is 0. The van der Waals surface area contributed by atoms with Gasteiger partial charge in [-0.15, -0.1) is 0 Å². The fourth-order valence-electron chi connectivity index (χ4n) is 2.55. The lowest BCUT2D eigenvalue weighted by atomic mass is 10.4. The minimum Gasteiger partial charge on any atom is -0.270 e. The summed E-state index contributed by atoms with van der Waals surface area (Å²) in [6.45, 7) is 6.18. The van der Waals surface area contributed by atoms with Gasteiger partial charge in [-0.05, 0) is 6.42 Å². The monoisotopic (exact) mass is 187 g/mol. The van der Waals surface area contributed by atoms with Crippen molar-refractivity contribution in [3.8, 4) is 0 Å². The maximum Gasteiger partial charge on any atom is 0.287 e. The van der Waals surface area contributed by atoms with Gasteiger partial charge in [0.25, 0.3) is 7.59 Å². The van der Waals surface area contributed by atoms with Crippen molar-refractivity contribution in [3.63, 3.8) is 0 Å². The first-order valence-corrected chi connectivity index (χ1v) is 6.25. The lowest BCUT2D eigenvalue weighted by Gasteiger charge is -2.35. The Labute approximate surface area is 72.6 Å². The van der Waals surface area contributed by atoms with Crippen LogP contribution in [0.3, 0.4) is 0 Å². The highest BCUT2D eigenvalue weighted by atomic mass is 31.2. The van der Waals surface area contributed by atoms with Crippen LogP contribution in [0.2, 0.25) is 0 Å². The average molecular weight is 187 g/mol. The summed E-state index contributed by atoms with van der Waals surface area (Å²) in [7, 11) is -2.15. The zero-order valence-corrected chi connectivity index (χ0v) is 8.04. The van der Waals surface area contributed by atoms with Gasteiger partial charge < -0.3 is 0 Å². The fraction of sp³-hybridized carbons (Fsp3) is 1.00. The van der Waals surface area contributed by atoms with E-state index in [1.807, 2.05) is 0 Å². The second kappa shape index (κ2) is 2.32. The summed E-state index contributed by atoms with van der Waals surface area (Å²) in [4.78, 5) is 0. The summed E-state index contributed by atoms with van der Waals surface area (Å²) >= 11 is 0. The van der Waals surface area contributed by atoms with Crippen LogP contribution in [0.25, 0.3) is 0 Å². The summed E-state index contributed by atoms with van der Waals surface area (Å²) in [6.07, 6.45) is 1.19. The Morgan fingerprint density at radius 3 is 1.67 bits per heavy atom. The molecule has 3 aliphatic heterocycles. The van der Waals surface area contributed by atoms with E-state index in [0.717, 1.165) is 39.3 Å². The molecule has 0 atom stereocenters. The van der Waals surface area contributed by atoms with Gasteiger partial charge in [-0.25, -0.2) is 14.0 Å². The number of nitrogens with zero attached hydrogens (tertiary/aromatic N) is 3. The Morgan fingerprint density at radius 1 is 0.750 bits per heavy atom. The molecule has 4 nitrogen and oxygen atoms in total. The SMILES string of the molecule is O=P12N3CCCN1CCN2CC3. The Morgan fingerprint density at radius 2 is 1.17 bits per heavy atom. The van der Waals surface area contributed by atoms with Crippen LogP contribution in [0.4, 0.5) is 0 Å². The van der Waals surface area contributed by atoms with Gasteiger partial charge >= 0.3 is 0 Å². The quantitative estimate of drug-likeness (QED) is 0.514. The van der Waals surface area contributed by atoms with Crippen molar-refractivity contribution in [2.45, 2.75) is 6.42 Å². The molecule has 0 radical (unpaired) electrons. The van der Waals surface area contributed by atoms with E-state index in [1.165, 1.54) is 6.42 Å². The van der Waals surface area contributed by atoms with Crippen molar-refractivity contribution >= 4 is 7.59 Å². The van der Waals surface area contributed by atoms with Gasteiger partial charge in [-0.1, -0.05) is 0 Å². The molecule has 0 N–H and O–H groups in total. The largest absolute Gasteiger partial charge is 0.287 e.